The summed E-state index contributed by atoms with van der Waals surface area (Å²) < 4.78 is 11.1. The summed E-state index contributed by atoms with van der Waals surface area (Å²) in [6, 6.07) is 0. The maximum Gasteiger partial charge on any atom is 0.302 e. The average Bonchev–Trinajstić information content (AvgIpc) is 3.03. The third-order valence-corrected chi connectivity index (χ3v) is 8.61. The van der Waals surface area contributed by atoms with Crippen molar-refractivity contribution in [3.8, 4) is 0 Å². The summed E-state index contributed by atoms with van der Waals surface area (Å²) in [4.78, 5) is 22.9. The lowest BCUT2D eigenvalue weighted by Gasteiger charge is -2.55. The first-order valence-electron chi connectivity index (χ1n) is 11.9. The van der Waals surface area contributed by atoms with Crippen LogP contribution in [0.4, 0.5) is 0 Å². The molecule has 170 valence electrons. The van der Waals surface area contributed by atoms with Gasteiger partial charge in [0.25, 0.3) is 0 Å². The molecule has 0 bridgehead atoms. The van der Waals surface area contributed by atoms with Crippen LogP contribution in [0, 0.1) is 29.1 Å². The van der Waals surface area contributed by atoms with Crippen molar-refractivity contribution < 1.29 is 19.1 Å². The molecule has 3 aliphatic carbocycles. The Morgan fingerprint density at radius 2 is 1.90 bits per heavy atom. The maximum atomic E-state index is 11.5. The van der Waals surface area contributed by atoms with Crippen LogP contribution in [0.3, 0.4) is 0 Å². The fraction of sp³-hybridized carbons (Fsp3) is 0.840. The second-order valence-corrected chi connectivity index (χ2v) is 10.2. The van der Waals surface area contributed by atoms with Crippen molar-refractivity contribution in [3.05, 3.63) is 11.1 Å². The molecule has 5 nitrogen and oxygen atoms in total. The number of carbonyl (C=O) groups is 2. The van der Waals surface area contributed by atoms with Crippen LogP contribution < -0.4 is 5.73 Å². The van der Waals surface area contributed by atoms with Crippen molar-refractivity contribution in [1.29, 1.82) is 0 Å². The molecule has 3 aliphatic rings. The smallest absolute Gasteiger partial charge is 0.302 e. The van der Waals surface area contributed by atoms with Gasteiger partial charge in [-0.25, -0.2) is 0 Å². The highest BCUT2D eigenvalue weighted by atomic mass is 16.5. The predicted octanol–water partition coefficient (Wildman–Crippen LogP) is 4.78. The lowest BCUT2D eigenvalue weighted by atomic mass is 9.50. The van der Waals surface area contributed by atoms with Gasteiger partial charge in [-0.15, -0.1) is 0 Å². The summed E-state index contributed by atoms with van der Waals surface area (Å²) in [6.07, 6.45) is 8.73. The number of hydrogen-bond donors (Lipinski definition) is 1. The summed E-state index contributed by atoms with van der Waals surface area (Å²) in [6.45, 7) is 10.5. The highest BCUT2D eigenvalue weighted by molar-refractivity contribution is 5.66. The molecule has 0 aromatic carbocycles. The van der Waals surface area contributed by atoms with Crippen LogP contribution in [-0.4, -0.2) is 30.7 Å². The topological polar surface area (TPSA) is 78.6 Å². The fourth-order valence-corrected chi connectivity index (χ4v) is 7.20. The van der Waals surface area contributed by atoms with Crippen LogP contribution in [0.2, 0.25) is 0 Å². The van der Waals surface area contributed by atoms with E-state index < -0.39 is 0 Å². The van der Waals surface area contributed by atoms with E-state index in [-0.39, 0.29) is 29.6 Å². The predicted molar refractivity (Wildman–Crippen MR) is 118 cm³/mol. The van der Waals surface area contributed by atoms with E-state index in [1.807, 2.05) is 6.92 Å². The van der Waals surface area contributed by atoms with Crippen LogP contribution in [0.15, 0.2) is 11.1 Å². The summed E-state index contributed by atoms with van der Waals surface area (Å²) in [7, 11) is 0. The molecule has 0 aromatic heterocycles. The largest absolute Gasteiger partial charge is 0.463 e. The number of ether oxygens (including phenoxy) is 2. The van der Waals surface area contributed by atoms with Crippen molar-refractivity contribution in [3.63, 3.8) is 0 Å². The molecule has 2 saturated carbocycles. The third-order valence-electron chi connectivity index (χ3n) is 8.61. The van der Waals surface area contributed by atoms with Gasteiger partial charge in [0, 0.05) is 19.8 Å². The van der Waals surface area contributed by atoms with Crippen LogP contribution in [0.1, 0.15) is 86.0 Å². The molecular weight excluding hydrogens is 378 g/mol. The minimum Gasteiger partial charge on any atom is -0.463 e. The summed E-state index contributed by atoms with van der Waals surface area (Å²) >= 11 is 0. The molecule has 0 heterocycles. The Hall–Kier alpha value is -1.36. The van der Waals surface area contributed by atoms with Crippen molar-refractivity contribution >= 4 is 11.9 Å². The number of allylic oxidation sites excluding steroid dienone is 1. The molecule has 2 N–H and O–H groups in total. The molecule has 30 heavy (non-hydrogen) atoms. The number of hydrogen-bond acceptors (Lipinski definition) is 5. The van der Waals surface area contributed by atoms with Crippen LogP contribution in [0.25, 0.3) is 0 Å². The third kappa shape index (κ3) is 4.61. The Balaban J connectivity index is 1.81. The van der Waals surface area contributed by atoms with Gasteiger partial charge in [0.05, 0.1) is 0 Å². The van der Waals surface area contributed by atoms with Gasteiger partial charge >= 0.3 is 11.9 Å². The zero-order chi connectivity index (χ0) is 22.1. The van der Waals surface area contributed by atoms with E-state index in [9.17, 15) is 9.59 Å². The number of nitrogens with two attached hydrogens (primary N) is 1. The Labute approximate surface area is 182 Å². The standard InChI is InChI=1S/C25H41NO4/c1-15-21(16(2)29-17(3)27)8-9-22(15)23-7-6-19-14-20(30-18(4)28)10-12-25(19,5)24(23)11-13-26/h16,19-21,23-24H,6-14,26H2,1-5H3/t16-,19-,20+,21+,23+,24+,25+/m1/s1. The van der Waals surface area contributed by atoms with E-state index in [1.165, 1.54) is 32.3 Å². The van der Waals surface area contributed by atoms with Crippen molar-refractivity contribution in [1.82, 2.24) is 0 Å². The number of fused-ring (bicyclic) bond motifs is 1. The van der Waals surface area contributed by atoms with E-state index in [1.54, 1.807) is 5.57 Å². The first-order chi connectivity index (χ1) is 14.2. The molecule has 0 radical (unpaired) electrons. The zero-order valence-electron chi connectivity index (χ0n) is 19.5. The van der Waals surface area contributed by atoms with Gasteiger partial charge in [-0.1, -0.05) is 18.1 Å². The molecule has 5 heteroatoms. The maximum absolute atomic E-state index is 11.5. The quantitative estimate of drug-likeness (QED) is 0.495. The van der Waals surface area contributed by atoms with Crippen LogP contribution >= 0.6 is 0 Å². The number of esters is 2. The molecule has 0 aliphatic heterocycles. The van der Waals surface area contributed by atoms with E-state index >= 15 is 0 Å². The first kappa shape index (κ1) is 23.3. The van der Waals surface area contributed by atoms with E-state index in [2.05, 4.69) is 13.8 Å². The normalized spacial score (nSPS) is 37.5. The Morgan fingerprint density at radius 3 is 2.53 bits per heavy atom. The molecule has 0 amide bonds. The molecule has 3 rings (SSSR count). The van der Waals surface area contributed by atoms with Gasteiger partial charge in [0.2, 0.25) is 0 Å². The van der Waals surface area contributed by atoms with Gasteiger partial charge in [-0.05, 0) is 94.9 Å². The van der Waals surface area contributed by atoms with E-state index in [0.29, 0.717) is 23.7 Å². The van der Waals surface area contributed by atoms with Gasteiger partial charge in [0.15, 0.2) is 0 Å². The van der Waals surface area contributed by atoms with Crippen LogP contribution in [0.5, 0.6) is 0 Å². The minimum atomic E-state index is -0.192. The lowest BCUT2D eigenvalue weighted by molar-refractivity contribution is -0.154. The Kier molecular flexibility index (Phi) is 7.32. The second kappa shape index (κ2) is 9.42. The molecule has 0 saturated heterocycles. The molecular formula is C25H41NO4. The Bertz CT molecular complexity index is 687. The molecule has 0 spiro atoms. The summed E-state index contributed by atoms with van der Waals surface area (Å²) in [5.41, 5.74) is 9.43. The minimum absolute atomic E-state index is 0.0564. The summed E-state index contributed by atoms with van der Waals surface area (Å²) in [5, 5.41) is 0. The van der Waals surface area contributed by atoms with E-state index in [0.717, 1.165) is 45.1 Å². The molecule has 7 atom stereocenters. The van der Waals surface area contributed by atoms with Gasteiger partial charge in [0.1, 0.15) is 12.2 Å². The lowest BCUT2D eigenvalue weighted by Crippen LogP contribution is -2.49. The second-order valence-electron chi connectivity index (χ2n) is 10.2. The van der Waals surface area contributed by atoms with Gasteiger partial charge < -0.3 is 15.2 Å². The van der Waals surface area contributed by atoms with Gasteiger partial charge in [-0.2, -0.15) is 0 Å². The van der Waals surface area contributed by atoms with Crippen molar-refractivity contribution in [2.45, 2.75) is 98.2 Å². The molecule has 2 fully saturated rings. The van der Waals surface area contributed by atoms with Crippen LogP contribution in [-0.2, 0) is 19.1 Å². The molecule has 0 aromatic rings. The fourth-order valence-electron chi connectivity index (χ4n) is 7.20. The number of carbonyl (C=O) groups excluding carboxylic acids is 2. The summed E-state index contributed by atoms with van der Waals surface area (Å²) in [5.74, 6) is 1.74. The highest BCUT2D eigenvalue weighted by Gasteiger charge is 2.52. The Morgan fingerprint density at radius 1 is 1.17 bits per heavy atom. The number of rotatable bonds is 6. The zero-order valence-corrected chi connectivity index (χ0v) is 19.5. The average molecular weight is 420 g/mol. The van der Waals surface area contributed by atoms with E-state index in [4.69, 9.17) is 15.2 Å². The highest BCUT2D eigenvalue weighted by Crippen LogP contribution is 2.59. The first-order valence-corrected chi connectivity index (χ1v) is 11.9. The van der Waals surface area contributed by atoms with Crippen molar-refractivity contribution in [2.24, 2.45) is 34.8 Å². The van der Waals surface area contributed by atoms with Gasteiger partial charge in [-0.3, -0.25) is 9.59 Å². The van der Waals surface area contributed by atoms with Crippen molar-refractivity contribution in [2.75, 3.05) is 6.54 Å². The SMILES string of the molecule is CC(=O)O[C@H]1CC[C@@]2(C)[C@H](CC[C@@H](C3=C(C)[C@@H]([C@@H](C)OC(C)=O)CC3)[C@@H]2CCN)C1. The molecule has 0 unspecified atom stereocenters. The monoisotopic (exact) mass is 419 g/mol.